The van der Waals surface area contributed by atoms with E-state index in [1.165, 1.54) is 6.92 Å². The first-order valence-corrected chi connectivity index (χ1v) is 7.35. The van der Waals surface area contributed by atoms with Gasteiger partial charge in [-0.15, -0.1) is 0 Å². The summed E-state index contributed by atoms with van der Waals surface area (Å²) in [6.45, 7) is 1.45. The first-order chi connectivity index (χ1) is 11.1. The Hall–Kier alpha value is -1.24. The molecule has 0 saturated heterocycles. The molecule has 0 spiro atoms. The third kappa shape index (κ3) is 3.87. The average molecular weight is 346 g/mol. The maximum absolute atomic E-state index is 12.8. The zero-order valence-electron chi connectivity index (χ0n) is 13.6. The van der Waals surface area contributed by atoms with Crippen molar-refractivity contribution in [1.29, 1.82) is 0 Å². The van der Waals surface area contributed by atoms with Gasteiger partial charge in [0.2, 0.25) is 0 Å². The predicted molar refractivity (Wildman–Crippen MR) is 85.5 cm³/mol. The largest absolute Gasteiger partial charge is 1.00 e. The summed E-state index contributed by atoms with van der Waals surface area (Å²) >= 11 is 0. The summed E-state index contributed by atoms with van der Waals surface area (Å²) in [4.78, 5) is 24.4. The van der Waals surface area contributed by atoms with E-state index >= 15 is 0 Å². The number of benzene rings is 2. The van der Waals surface area contributed by atoms with Crippen LogP contribution in [0.2, 0.25) is 0 Å². The van der Waals surface area contributed by atoms with Crippen LogP contribution in [0, 0.1) is 0 Å². The van der Waals surface area contributed by atoms with E-state index in [2.05, 4.69) is 0 Å². The van der Waals surface area contributed by atoms with Crippen molar-refractivity contribution >= 4 is 16.8 Å². The van der Waals surface area contributed by atoms with Crippen molar-refractivity contribution in [2.45, 2.75) is 19.3 Å². The van der Waals surface area contributed by atoms with Gasteiger partial charge in [-0.2, -0.15) is 0 Å². The second-order valence-corrected chi connectivity index (χ2v) is 5.50. The maximum atomic E-state index is 12.8. The molecule has 1 aromatic heterocycles. The van der Waals surface area contributed by atoms with E-state index < -0.39 is 11.9 Å². The quantitative estimate of drug-likeness (QED) is 0.623. The first kappa shape index (κ1) is 19.1. The summed E-state index contributed by atoms with van der Waals surface area (Å²) in [6, 6.07) is 15.7. The second-order valence-electron chi connectivity index (χ2n) is 5.50. The van der Waals surface area contributed by atoms with Gasteiger partial charge in [0.1, 0.15) is 5.78 Å². The Morgan fingerprint density at radius 3 is 2.38 bits per heavy atom. The summed E-state index contributed by atoms with van der Waals surface area (Å²) in [5.41, 5.74) is 0.667. The third-order valence-electron chi connectivity index (χ3n) is 3.84. The summed E-state index contributed by atoms with van der Waals surface area (Å²) in [6.07, 6.45) is 0.0857. The third-order valence-corrected chi connectivity index (χ3v) is 3.84. The minimum Gasteiger partial charge on any atom is -0.578 e. The van der Waals surface area contributed by atoms with Crippen molar-refractivity contribution in [2.24, 2.45) is 0 Å². The van der Waals surface area contributed by atoms with Crippen LogP contribution in [-0.2, 0) is 4.79 Å². The first-order valence-electron chi connectivity index (χ1n) is 7.35. The zero-order chi connectivity index (χ0) is 16.4. The predicted octanol–water partition coefficient (Wildman–Crippen LogP) is -0.0184. The van der Waals surface area contributed by atoms with E-state index in [0.717, 1.165) is 5.56 Å². The molecule has 0 fully saturated rings. The number of para-hydroxylation sites is 1. The fourth-order valence-corrected chi connectivity index (χ4v) is 2.80. The molecule has 0 aliphatic rings. The van der Waals surface area contributed by atoms with E-state index in [0.29, 0.717) is 5.39 Å². The summed E-state index contributed by atoms with van der Waals surface area (Å²) in [5.74, 6) is -1.36. The summed E-state index contributed by atoms with van der Waals surface area (Å²) < 4.78 is 5.29. The van der Waals surface area contributed by atoms with Crippen LogP contribution in [0.25, 0.3) is 11.0 Å². The Bertz CT molecular complexity index is 916. The monoisotopic (exact) mass is 346 g/mol. The van der Waals surface area contributed by atoms with Gasteiger partial charge < -0.3 is 9.52 Å². The summed E-state index contributed by atoms with van der Waals surface area (Å²) in [7, 11) is 0. The van der Waals surface area contributed by atoms with Gasteiger partial charge in [0.25, 0.3) is 0 Å². The van der Waals surface area contributed by atoms with E-state index in [-0.39, 0.29) is 80.2 Å². The standard InChI is InChI=1S/C19H16O4.K/c1-12(20)11-15(13-7-3-2-4-8-13)17-18(21)14-9-5-6-10-16(14)23-19(17)22;/h2-10,15,22H,11H2,1H3;/q;+1/p-1. The molecule has 0 radical (unpaired) electrons. The number of rotatable bonds is 4. The molecule has 4 nitrogen and oxygen atoms in total. The van der Waals surface area contributed by atoms with Crippen molar-refractivity contribution in [3.63, 3.8) is 0 Å². The molecule has 0 amide bonds. The van der Waals surface area contributed by atoms with Gasteiger partial charge in [-0.25, -0.2) is 0 Å². The van der Waals surface area contributed by atoms with Crippen molar-refractivity contribution in [3.05, 3.63) is 75.9 Å². The van der Waals surface area contributed by atoms with Gasteiger partial charge in [0.05, 0.1) is 5.95 Å². The Kier molecular flexibility index (Phi) is 6.54. The summed E-state index contributed by atoms with van der Waals surface area (Å²) in [5, 5.41) is 12.7. The van der Waals surface area contributed by atoms with Gasteiger partial charge in [-0.1, -0.05) is 42.5 Å². The molecule has 0 bridgehead atoms. The van der Waals surface area contributed by atoms with Crippen LogP contribution in [0.1, 0.15) is 30.4 Å². The minimum atomic E-state index is -0.677. The van der Waals surface area contributed by atoms with Crippen molar-refractivity contribution in [3.8, 4) is 5.95 Å². The van der Waals surface area contributed by atoms with E-state index in [4.69, 9.17) is 4.42 Å². The topological polar surface area (TPSA) is 70.3 Å². The average Bonchev–Trinajstić information content (AvgIpc) is 2.54. The van der Waals surface area contributed by atoms with Gasteiger partial charge in [0.15, 0.2) is 5.43 Å². The fraction of sp³-hybridized carbons (Fsp3) is 0.158. The molecule has 3 aromatic rings. The zero-order valence-corrected chi connectivity index (χ0v) is 16.7. The number of carbonyl (C=O) groups is 1. The molecule has 0 saturated carbocycles. The van der Waals surface area contributed by atoms with E-state index in [9.17, 15) is 14.7 Å². The molecule has 1 unspecified atom stereocenters. The van der Waals surface area contributed by atoms with E-state index in [1.54, 1.807) is 24.3 Å². The minimum absolute atomic E-state index is 0. The number of fused-ring (bicyclic) bond motifs is 1. The molecule has 0 aliphatic carbocycles. The maximum Gasteiger partial charge on any atom is 1.00 e. The van der Waals surface area contributed by atoms with E-state index in [1.807, 2.05) is 30.3 Å². The molecule has 0 aliphatic heterocycles. The molecule has 3 rings (SSSR count). The fourth-order valence-electron chi connectivity index (χ4n) is 2.80. The van der Waals surface area contributed by atoms with Gasteiger partial charge in [-0.05, 0) is 24.6 Å². The number of Topliss-reactive ketones (excluding diaryl/α,β-unsaturated/α-hetero) is 1. The number of hydrogen-bond acceptors (Lipinski definition) is 4. The number of carbonyl (C=O) groups excluding carboxylic acids is 1. The normalized spacial score (nSPS) is 11.7. The molecule has 1 atom stereocenters. The number of ketones is 1. The Balaban J connectivity index is 0.00000208. The van der Waals surface area contributed by atoms with Gasteiger partial charge in [0, 0.05) is 28.9 Å². The van der Waals surface area contributed by atoms with Gasteiger partial charge >= 0.3 is 51.4 Å². The molecular weight excluding hydrogens is 331 g/mol. The molecule has 0 N–H and O–H groups in total. The molecule has 24 heavy (non-hydrogen) atoms. The van der Waals surface area contributed by atoms with Crippen LogP contribution in [0.3, 0.4) is 0 Å². The Labute approximate surface area is 181 Å². The molecule has 5 heteroatoms. The molecular formula is C19H15KO4. The molecule has 2 aromatic carbocycles. The van der Waals surface area contributed by atoms with Gasteiger partial charge in [-0.3, -0.25) is 9.59 Å². The van der Waals surface area contributed by atoms with Crippen LogP contribution in [0.15, 0.2) is 63.8 Å². The van der Waals surface area contributed by atoms with Crippen molar-refractivity contribution in [1.82, 2.24) is 0 Å². The van der Waals surface area contributed by atoms with Crippen molar-refractivity contribution < 1.29 is 65.7 Å². The molecule has 116 valence electrons. The SMILES string of the molecule is CC(=O)CC(c1ccccc1)c1c([O-])oc2ccccc2c1=O.[K+]. The van der Waals surface area contributed by atoms with Crippen molar-refractivity contribution in [2.75, 3.05) is 0 Å². The smallest absolute Gasteiger partial charge is 0.578 e. The second kappa shape index (κ2) is 8.23. The Morgan fingerprint density at radius 2 is 1.71 bits per heavy atom. The van der Waals surface area contributed by atoms with Crippen LogP contribution >= 0.6 is 0 Å². The Morgan fingerprint density at radius 1 is 1.08 bits per heavy atom. The van der Waals surface area contributed by atoms with Crippen LogP contribution in [0.5, 0.6) is 5.95 Å². The number of hydrogen-bond donors (Lipinski definition) is 0. The van der Waals surface area contributed by atoms with Crippen LogP contribution in [0.4, 0.5) is 0 Å². The molecule has 1 heterocycles. The van der Waals surface area contributed by atoms with Crippen LogP contribution in [-0.4, -0.2) is 5.78 Å². The van der Waals surface area contributed by atoms with Crippen LogP contribution < -0.4 is 61.9 Å².